The van der Waals surface area contributed by atoms with Gasteiger partial charge in [0.05, 0.1) is 33.1 Å². The first-order valence-corrected chi connectivity index (χ1v) is 13.4. The minimum atomic E-state index is -2.36. The predicted molar refractivity (Wildman–Crippen MR) is 145 cm³/mol. The molecule has 4 aromatic carbocycles. The maximum absolute atomic E-state index is 13.1. The van der Waals surface area contributed by atoms with Crippen LogP contribution in [0.5, 0.6) is 5.75 Å². The van der Waals surface area contributed by atoms with E-state index in [1.165, 1.54) is 27.4 Å². The number of halogens is 1. The van der Waals surface area contributed by atoms with Crippen LogP contribution in [0.4, 0.5) is 0 Å². The lowest BCUT2D eigenvalue weighted by molar-refractivity contribution is -0.0000363. The maximum atomic E-state index is 13.1. The fourth-order valence-corrected chi connectivity index (χ4v) is 8.80. The number of methoxy groups -OCH3 is 3. The highest BCUT2D eigenvalue weighted by Crippen LogP contribution is 2.58. The van der Waals surface area contributed by atoms with Gasteiger partial charge in [0.2, 0.25) is 0 Å². The van der Waals surface area contributed by atoms with Crippen LogP contribution < -0.4 is 37.6 Å². The quantitative estimate of drug-likeness (QED) is 0.235. The summed E-state index contributed by atoms with van der Waals surface area (Å²) >= 11 is 0. The molecule has 0 aliphatic heterocycles. The number of esters is 2. The van der Waals surface area contributed by atoms with Crippen LogP contribution in [0.25, 0.3) is 0 Å². The van der Waals surface area contributed by atoms with E-state index >= 15 is 0 Å². The summed E-state index contributed by atoms with van der Waals surface area (Å²) in [4.78, 5) is 25.6. The molecule has 0 aliphatic rings. The minimum absolute atomic E-state index is 0. The molecule has 0 radical (unpaired) electrons. The summed E-state index contributed by atoms with van der Waals surface area (Å²) < 4.78 is 15.7. The zero-order valence-corrected chi connectivity index (χ0v) is 23.4. The van der Waals surface area contributed by atoms with E-state index < -0.39 is 19.2 Å². The fraction of sp³-hybridized carbons (Fsp3) is 0.133. The second-order valence-electron chi connectivity index (χ2n) is 8.17. The lowest BCUT2D eigenvalue weighted by Crippen LogP contribution is -3.00. The predicted octanol–water partition coefficient (Wildman–Crippen LogP) is 1.77. The van der Waals surface area contributed by atoms with E-state index in [0.717, 1.165) is 15.9 Å². The molecule has 7 heteroatoms. The van der Waals surface area contributed by atoms with Crippen LogP contribution in [0.3, 0.4) is 0 Å². The van der Waals surface area contributed by atoms with Crippen LogP contribution in [0.15, 0.2) is 103 Å². The summed E-state index contributed by atoms with van der Waals surface area (Å²) in [5.74, 6) is -0.758. The Labute approximate surface area is 228 Å². The highest BCUT2D eigenvalue weighted by Gasteiger charge is 2.46. The van der Waals surface area contributed by atoms with Crippen LogP contribution in [0.1, 0.15) is 26.3 Å². The van der Waals surface area contributed by atoms with E-state index in [9.17, 15) is 9.59 Å². The van der Waals surface area contributed by atoms with Gasteiger partial charge in [0.25, 0.3) is 0 Å². The average Bonchev–Trinajstić information content (AvgIpc) is 2.95. The lowest BCUT2D eigenvalue weighted by Gasteiger charge is -2.28. The zero-order valence-electron chi connectivity index (χ0n) is 20.9. The highest BCUT2D eigenvalue weighted by molar-refractivity contribution is 7.95. The van der Waals surface area contributed by atoms with Crippen molar-refractivity contribution in [1.82, 2.24) is 0 Å². The largest absolute Gasteiger partial charge is 1.00 e. The van der Waals surface area contributed by atoms with E-state index in [0.29, 0.717) is 22.9 Å². The number of hydrogen-bond acceptors (Lipinski definition) is 5. The van der Waals surface area contributed by atoms with Gasteiger partial charge in [0, 0.05) is 5.56 Å². The van der Waals surface area contributed by atoms with Gasteiger partial charge in [0.1, 0.15) is 34.5 Å². The molecule has 0 N–H and O–H groups in total. The number of rotatable bonds is 8. The first kappa shape index (κ1) is 28.1. The Morgan fingerprint density at radius 1 is 0.649 bits per heavy atom. The van der Waals surface area contributed by atoms with Gasteiger partial charge in [-0.2, -0.15) is 0 Å². The molecule has 0 bridgehead atoms. The van der Waals surface area contributed by atoms with E-state index in [4.69, 9.17) is 14.2 Å². The van der Waals surface area contributed by atoms with Crippen molar-refractivity contribution in [3.8, 4) is 5.75 Å². The molecule has 190 valence electrons. The summed E-state index contributed by atoms with van der Waals surface area (Å²) in [6.07, 6.45) is 0.469. The Hall–Kier alpha value is -3.47. The molecule has 0 amide bonds. The van der Waals surface area contributed by atoms with Gasteiger partial charge in [0.15, 0.2) is 0 Å². The highest BCUT2D eigenvalue weighted by atomic mass is 79.9. The van der Waals surface area contributed by atoms with E-state index in [2.05, 4.69) is 36.4 Å². The van der Waals surface area contributed by atoms with E-state index in [-0.39, 0.29) is 22.7 Å². The van der Waals surface area contributed by atoms with E-state index in [1.54, 1.807) is 6.07 Å². The van der Waals surface area contributed by atoms with Crippen molar-refractivity contribution in [3.63, 3.8) is 0 Å². The molecule has 4 aromatic rings. The molecule has 0 spiro atoms. The molecule has 0 unspecified atom stereocenters. The summed E-state index contributed by atoms with van der Waals surface area (Å²) in [5, 5.41) is 3.46. The lowest BCUT2D eigenvalue weighted by atomic mass is 10.0. The molecular formula is C30H28BrO5P. The van der Waals surface area contributed by atoms with Crippen LogP contribution in [0.2, 0.25) is 0 Å². The third-order valence-corrected chi connectivity index (χ3v) is 10.6. The number of ether oxygens (including phenoxy) is 3. The van der Waals surface area contributed by atoms with Crippen LogP contribution in [-0.2, 0) is 15.6 Å². The summed E-state index contributed by atoms with van der Waals surface area (Å²) in [5.41, 5.74) is 1.27. The van der Waals surface area contributed by atoms with Gasteiger partial charge in [-0.15, -0.1) is 0 Å². The average molecular weight is 579 g/mol. The molecule has 5 nitrogen and oxygen atoms in total. The van der Waals surface area contributed by atoms with Crippen molar-refractivity contribution in [2.45, 2.75) is 6.16 Å². The monoisotopic (exact) mass is 578 g/mol. The van der Waals surface area contributed by atoms with Gasteiger partial charge >= 0.3 is 11.9 Å². The van der Waals surface area contributed by atoms with Crippen molar-refractivity contribution in [2.75, 3.05) is 21.3 Å². The van der Waals surface area contributed by atoms with Crippen molar-refractivity contribution in [2.24, 2.45) is 0 Å². The smallest absolute Gasteiger partial charge is 0.342 e. The summed E-state index contributed by atoms with van der Waals surface area (Å²) in [7, 11) is 1.79. The van der Waals surface area contributed by atoms with Crippen molar-refractivity contribution in [1.29, 1.82) is 0 Å². The Morgan fingerprint density at radius 3 is 1.46 bits per heavy atom. The summed E-state index contributed by atoms with van der Waals surface area (Å²) in [6.45, 7) is 0. The Balaban J connectivity index is 0.00000380. The van der Waals surface area contributed by atoms with E-state index in [1.807, 2.05) is 54.6 Å². The number of hydrogen-bond donors (Lipinski definition) is 0. The SMILES string of the molecule is COC(=O)c1cc(C[P+](c2ccccc2)(c2ccccc2)c2ccccc2)c(C(=O)OC)c(OC)c1.[Br-]. The summed E-state index contributed by atoms with van der Waals surface area (Å²) in [6, 6.07) is 34.2. The van der Waals surface area contributed by atoms with Crippen LogP contribution in [0, 0.1) is 0 Å². The molecule has 0 aromatic heterocycles. The molecule has 0 atom stereocenters. The van der Waals surface area contributed by atoms with Gasteiger partial charge in [-0.25, -0.2) is 9.59 Å². The second kappa shape index (κ2) is 12.7. The van der Waals surface area contributed by atoms with Crippen molar-refractivity contribution in [3.05, 3.63) is 120 Å². The molecule has 4 rings (SSSR count). The fourth-order valence-electron chi connectivity index (χ4n) is 4.55. The molecule has 0 saturated carbocycles. The third kappa shape index (κ3) is 5.61. The molecule has 0 fully saturated rings. The first-order valence-electron chi connectivity index (χ1n) is 11.5. The second-order valence-corrected chi connectivity index (χ2v) is 11.7. The molecule has 0 heterocycles. The minimum Gasteiger partial charge on any atom is -1.00 e. The van der Waals surface area contributed by atoms with Gasteiger partial charge in [-0.05, 0) is 48.5 Å². The van der Waals surface area contributed by atoms with Crippen molar-refractivity contribution < 1.29 is 40.8 Å². The molecule has 0 saturated heterocycles. The molecular weight excluding hydrogens is 551 g/mol. The topological polar surface area (TPSA) is 61.8 Å². The van der Waals surface area contributed by atoms with Gasteiger partial charge in [-0.1, -0.05) is 54.6 Å². The molecule has 37 heavy (non-hydrogen) atoms. The van der Waals surface area contributed by atoms with Crippen molar-refractivity contribution >= 4 is 35.1 Å². The maximum Gasteiger partial charge on any atom is 0.342 e. The molecule has 0 aliphatic carbocycles. The standard InChI is InChI=1S/C30H28O5P.BrH/c1-33-27-20-22(29(31)34-2)19-23(28(27)30(32)35-3)21-36(24-13-7-4-8-14-24,25-15-9-5-10-16-25)26-17-11-6-12-18-26;/h4-20H,21H2,1-3H3;1H/q+1;/p-1. The van der Waals surface area contributed by atoms with Gasteiger partial charge in [-0.3, -0.25) is 0 Å². The Morgan fingerprint density at radius 2 is 1.08 bits per heavy atom. The van der Waals surface area contributed by atoms with Crippen LogP contribution in [-0.4, -0.2) is 33.3 Å². The van der Waals surface area contributed by atoms with Crippen LogP contribution >= 0.6 is 7.26 Å². The first-order chi connectivity index (χ1) is 17.5. The Bertz CT molecular complexity index is 1250. The number of carbonyl (C=O) groups excluding carboxylic acids is 2. The normalized spacial score (nSPS) is 10.7. The number of carbonyl (C=O) groups is 2. The van der Waals surface area contributed by atoms with Gasteiger partial charge < -0.3 is 31.2 Å². The number of benzene rings is 4. The Kier molecular flexibility index (Phi) is 9.62. The third-order valence-electron chi connectivity index (χ3n) is 6.21. The zero-order chi connectivity index (χ0) is 25.5.